The van der Waals surface area contributed by atoms with Crippen molar-refractivity contribution in [2.75, 3.05) is 46.1 Å². The second-order valence-corrected chi connectivity index (χ2v) is 7.22. The van der Waals surface area contributed by atoms with E-state index in [0.29, 0.717) is 52.5 Å². The first-order valence-corrected chi connectivity index (χ1v) is 9.11. The summed E-state index contributed by atoms with van der Waals surface area (Å²) in [6.07, 6.45) is 3.57. The maximum Gasteiger partial charge on any atom is 0.228 e. The van der Waals surface area contributed by atoms with Crippen LogP contribution in [-0.4, -0.2) is 79.5 Å². The molecular formula is C17H26N2O5. The molecule has 0 aromatic carbocycles. The number of ether oxygens (including phenoxy) is 3. The highest BCUT2D eigenvalue weighted by molar-refractivity contribution is 5.89. The number of rotatable bonds is 2. The molecule has 4 rings (SSSR count). The van der Waals surface area contributed by atoms with Crippen LogP contribution in [0.1, 0.15) is 32.1 Å². The Morgan fingerprint density at radius 3 is 2.38 bits per heavy atom. The molecule has 1 unspecified atom stereocenters. The third kappa shape index (κ3) is 3.05. The average Bonchev–Trinajstić information content (AvgIpc) is 3.23. The van der Waals surface area contributed by atoms with Gasteiger partial charge < -0.3 is 24.0 Å². The number of amides is 2. The van der Waals surface area contributed by atoms with Gasteiger partial charge in [-0.1, -0.05) is 0 Å². The van der Waals surface area contributed by atoms with Crippen LogP contribution >= 0.6 is 0 Å². The molecule has 4 aliphatic heterocycles. The van der Waals surface area contributed by atoms with E-state index in [1.165, 1.54) is 0 Å². The van der Waals surface area contributed by atoms with Crippen LogP contribution in [0.15, 0.2) is 0 Å². The van der Waals surface area contributed by atoms with Crippen LogP contribution < -0.4 is 0 Å². The maximum absolute atomic E-state index is 12.8. The molecule has 7 heteroatoms. The zero-order valence-electron chi connectivity index (χ0n) is 14.1. The molecule has 4 heterocycles. The van der Waals surface area contributed by atoms with Gasteiger partial charge >= 0.3 is 0 Å². The molecule has 0 saturated carbocycles. The van der Waals surface area contributed by atoms with Gasteiger partial charge in [0.25, 0.3) is 0 Å². The molecule has 4 aliphatic rings. The Hall–Kier alpha value is -1.18. The summed E-state index contributed by atoms with van der Waals surface area (Å²) in [5.41, 5.74) is 0. The molecule has 7 nitrogen and oxygen atoms in total. The normalized spacial score (nSPS) is 31.2. The number of carbonyl (C=O) groups excluding carboxylic acids is 2. The van der Waals surface area contributed by atoms with E-state index < -0.39 is 5.79 Å². The second-order valence-electron chi connectivity index (χ2n) is 7.22. The van der Waals surface area contributed by atoms with Crippen LogP contribution in [0, 0.1) is 5.92 Å². The Balaban J connectivity index is 1.33. The zero-order chi connectivity index (χ0) is 16.6. The minimum absolute atomic E-state index is 0.116. The minimum Gasteiger partial charge on any atom is -0.381 e. The fraction of sp³-hybridized carbons (Fsp3) is 0.882. The van der Waals surface area contributed by atoms with Crippen molar-refractivity contribution in [2.24, 2.45) is 5.92 Å². The van der Waals surface area contributed by atoms with Crippen LogP contribution in [0.4, 0.5) is 0 Å². The van der Waals surface area contributed by atoms with E-state index in [0.717, 1.165) is 25.7 Å². The van der Waals surface area contributed by atoms with Gasteiger partial charge in [-0.05, 0) is 12.8 Å². The number of carbonyl (C=O) groups is 2. The van der Waals surface area contributed by atoms with E-state index in [4.69, 9.17) is 14.2 Å². The highest BCUT2D eigenvalue weighted by atomic mass is 16.7. The van der Waals surface area contributed by atoms with Gasteiger partial charge in [-0.2, -0.15) is 0 Å². The summed E-state index contributed by atoms with van der Waals surface area (Å²) >= 11 is 0. The molecule has 4 fully saturated rings. The van der Waals surface area contributed by atoms with Gasteiger partial charge in [0.2, 0.25) is 11.8 Å². The van der Waals surface area contributed by atoms with E-state index in [1.54, 1.807) is 0 Å². The van der Waals surface area contributed by atoms with E-state index >= 15 is 0 Å². The van der Waals surface area contributed by atoms with Crippen molar-refractivity contribution < 1.29 is 23.8 Å². The fourth-order valence-corrected chi connectivity index (χ4v) is 4.36. The van der Waals surface area contributed by atoms with Gasteiger partial charge in [0, 0.05) is 58.2 Å². The van der Waals surface area contributed by atoms with Crippen LogP contribution in [0.5, 0.6) is 0 Å². The summed E-state index contributed by atoms with van der Waals surface area (Å²) in [7, 11) is 0. The molecule has 4 saturated heterocycles. The Kier molecular flexibility index (Phi) is 4.49. The van der Waals surface area contributed by atoms with Crippen LogP contribution in [-0.2, 0) is 23.8 Å². The standard InChI is InChI=1S/C17H26N2O5/c20-15-11-13(12-19(15)14-1-7-22-8-2-14)16(21)18-5-3-17(4-6-18)23-9-10-24-17/h13-14H,1-12H2. The van der Waals surface area contributed by atoms with Crippen LogP contribution in [0.2, 0.25) is 0 Å². The molecule has 0 N–H and O–H groups in total. The monoisotopic (exact) mass is 338 g/mol. The van der Waals surface area contributed by atoms with E-state index in [9.17, 15) is 9.59 Å². The van der Waals surface area contributed by atoms with Gasteiger partial charge in [0.1, 0.15) is 0 Å². The topological polar surface area (TPSA) is 68.3 Å². The number of hydrogen-bond donors (Lipinski definition) is 0. The number of nitrogens with zero attached hydrogens (tertiary/aromatic N) is 2. The maximum atomic E-state index is 12.8. The summed E-state index contributed by atoms with van der Waals surface area (Å²) < 4.78 is 16.8. The van der Waals surface area contributed by atoms with Crippen molar-refractivity contribution in [2.45, 2.75) is 43.9 Å². The summed E-state index contributed by atoms with van der Waals surface area (Å²) in [5.74, 6) is -0.419. The highest BCUT2D eigenvalue weighted by Gasteiger charge is 2.44. The molecule has 1 atom stereocenters. The molecule has 0 radical (unpaired) electrons. The lowest BCUT2D eigenvalue weighted by Crippen LogP contribution is -2.49. The number of hydrogen-bond acceptors (Lipinski definition) is 5. The second kappa shape index (κ2) is 6.61. The van der Waals surface area contributed by atoms with Gasteiger partial charge in [-0.15, -0.1) is 0 Å². The Bertz CT molecular complexity index is 489. The quantitative estimate of drug-likeness (QED) is 0.728. The van der Waals surface area contributed by atoms with Crippen molar-refractivity contribution in [1.82, 2.24) is 9.80 Å². The lowest BCUT2D eigenvalue weighted by atomic mass is 10.0. The predicted molar refractivity (Wildman–Crippen MR) is 84.1 cm³/mol. The summed E-state index contributed by atoms with van der Waals surface area (Å²) in [5, 5.41) is 0. The minimum atomic E-state index is -0.462. The Morgan fingerprint density at radius 1 is 1.04 bits per heavy atom. The predicted octanol–water partition coefficient (Wildman–Crippen LogP) is 0.379. The van der Waals surface area contributed by atoms with E-state index in [1.807, 2.05) is 9.80 Å². The first-order valence-electron chi connectivity index (χ1n) is 9.11. The number of likely N-dealkylation sites (tertiary alicyclic amines) is 2. The molecule has 0 bridgehead atoms. The van der Waals surface area contributed by atoms with E-state index in [-0.39, 0.29) is 23.8 Å². The first kappa shape index (κ1) is 16.3. The third-order valence-electron chi connectivity index (χ3n) is 5.79. The van der Waals surface area contributed by atoms with Gasteiger partial charge in [-0.3, -0.25) is 9.59 Å². The van der Waals surface area contributed by atoms with Gasteiger partial charge in [0.05, 0.1) is 19.1 Å². The third-order valence-corrected chi connectivity index (χ3v) is 5.79. The Labute approximate surface area is 142 Å². The van der Waals surface area contributed by atoms with Crippen molar-refractivity contribution in [3.8, 4) is 0 Å². The molecule has 1 spiro atoms. The van der Waals surface area contributed by atoms with Crippen molar-refractivity contribution in [3.05, 3.63) is 0 Å². The molecule has 0 aromatic heterocycles. The van der Waals surface area contributed by atoms with Gasteiger partial charge in [0.15, 0.2) is 5.79 Å². The zero-order valence-corrected chi connectivity index (χ0v) is 14.1. The molecule has 0 aromatic rings. The molecule has 0 aliphatic carbocycles. The molecular weight excluding hydrogens is 312 g/mol. The lowest BCUT2D eigenvalue weighted by Gasteiger charge is -2.38. The van der Waals surface area contributed by atoms with Crippen LogP contribution in [0.3, 0.4) is 0 Å². The largest absolute Gasteiger partial charge is 0.381 e. The smallest absolute Gasteiger partial charge is 0.228 e. The van der Waals surface area contributed by atoms with Crippen molar-refractivity contribution in [1.29, 1.82) is 0 Å². The summed E-state index contributed by atoms with van der Waals surface area (Å²) in [4.78, 5) is 29.0. The summed E-state index contributed by atoms with van der Waals surface area (Å²) in [6, 6.07) is 0.244. The SMILES string of the molecule is O=C(C1CC(=O)N(C2CCOCC2)C1)N1CCC2(CC1)OCCO2. The van der Waals surface area contributed by atoms with E-state index in [2.05, 4.69) is 0 Å². The average molecular weight is 338 g/mol. The Morgan fingerprint density at radius 2 is 1.71 bits per heavy atom. The molecule has 2 amide bonds. The number of piperidine rings is 1. The van der Waals surface area contributed by atoms with Crippen molar-refractivity contribution >= 4 is 11.8 Å². The molecule has 134 valence electrons. The molecule has 24 heavy (non-hydrogen) atoms. The highest BCUT2D eigenvalue weighted by Crippen LogP contribution is 2.33. The lowest BCUT2D eigenvalue weighted by molar-refractivity contribution is -0.188. The first-order chi connectivity index (χ1) is 11.7. The van der Waals surface area contributed by atoms with Crippen molar-refractivity contribution in [3.63, 3.8) is 0 Å². The summed E-state index contributed by atoms with van der Waals surface area (Å²) in [6.45, 7) is 4.58. The van der Waals surface area contributed by atoms with Gasteiger partial charge in [-0.25, -0.2) is 0 Å². The van der Waals surface area contributed by atoms with Crippen LogP contribution in [0.25, 0.3) is 0 Å². The fourth-order valence-electron chi connectivity index (χ4n) is 4.36.